The Balaban J connectivity index is 1.84. The van der Waals surface area contributed by atoms with Crippen LogP contribution in [0.1, 0.15) is 29.2 Å². The Morgan fingerprint density at radius 1 is 0.848 bits per heavy atom. The van der Waals surface area contributed by atoms with Gasteiger partial charge < -0.3 is 9.64 Å². The lowest BCUT2D eigenvalue weighted by atomic mass is 10.0. The molecule has 0 saturated heterocycles. The smallest absolute Gasteiger partial charge is 0.282 e. The first-order valence-electron chi connectivity index (χ1n) is 11.1. The van der Waals surface area contributed by atoms with E-state index >= 15 is 0 Å². The summed E-state index contributed by atoms with van der Waals surface area (Å²) in [5.74, 6) is 0.0887. The second-order valence-electron chi connectivity index (χ2n) is 8.24. The van der Waals surface area contributed by atoms with Crippen molar-refractivity contribution in [2.24, 2.45) is 0 Å². The standard InChI is InChI=1S/C28H28N2O3/c1-5-29(18-21-9-7-6-8-10-21)26-25(22-11-13-24(33-4)14-12-22)27(31)30(28(26)32)23-16-19(2)15-20(3)17-23/h6-17H,5,18H2,1-4H3. The van der Waals surface area contributed by atoms with Gasteiger partial charge in [-0.3, -0.25) is 9.59 Å². The first-order valence-corrected chi connectivity index (χ1v) is 11.1. The molecular formula is C28H28N2O3. The van der Waals surface area contributed by atoms with E-state index in [-0.39, 0.29) is 11.8 Å². The second-order valence-corrected chi connectivity index (χ2v) is 8.24. The molecule has 3 aromatic carbocycles. The highest BCUT2D eigenvalue weighted by molar-refractivity contribution is 6.45. The minimum absolute atomic E-state index is 0.298. The van der Waals surface area contributed by atoms with E-state index in [1.54, 1.807) is 7.11 Å². The molecule has 0 saturated carbocycles. The van der Waals surface area contributed by atoms with E-state index in [1.165, 1.54) is 4.90 Å². The average molecular weight is 441 g/mol. The summed E-state index contributed by atoms with van der Waals surface area (Å²) < 4.78 is 5.28. The van der Waals surface area contributed by atoms with E-state index in [0.717, 1.165) is 16.7 Å². The minimum atomic E-state index is -0.309. The predicted molar refractivity (Wildman–Crippen MR) is 131 cm³/mol. The van der Waals surface area contributed by atoms with Crippen LogP contribution in [0.2, 0.25) is 0 Å². The first-order chi connectivity index (χ1) is 15.9. The number of likely N-dealkylation sites (N-methyl/N-ethyl adjacent to an activating group) is 1. The Bertz CT molecular complexity index is 1190. The zero-order chi connectivity index (χ0) is 23.5. The monoisotopic (exact) mass is 440 g/mol. The molecular weight excluding hydrogens is 412 g/mol. The molecule has 1 aliphatic rings. The highest BCUT2D eigenvalue weighted by atomic mass is 16.5. The molecule has 0 unspecified atom stereocenters. The van der Waals surface area contributed by atoms with Gasteiger partial charge in [-0.25, -0.2) is 4.90 Å². The summed E-state index contributed by atoms with van der Waals surface area (Å²) in [4.78, 5) is 30.9. The van der Waals surface area contributed by atoms with Crippen LogP contribution in [0.15, 0.2) is 78.5 Å². The van der Waals surface area contributed by atoms with Crippen LogP contribution in [0, 0.1) is 13.8 Å². The molecule has 2 amide bonds. The fourth-order valence-corrected chi connectivity index (χ4v) is 4.30. The highest BCUT2D eigenvalue weighted by Crippen LogP contribution is 2.36. The maximum Gasteiger partial charge on any atom is 0.282 e. The molecule has 5 nitrogen and oxygen atoms in total. The van der Waals surface area contributed by atoms with Crippen molar-refractivity contribution in [3.05, 3.63) is 101 Å². The van der Waals surface area contributed by atoms with Gasteiger partial charge in [-0.15, -0.1) is 0 Å². The number of aryl methyl sites for hydroxylation is 2. The zero-order valence-corrected chi connectivity index (χ0v) is 19.5. The molecule has 0 aliphatic carbocycles. The number of carbonyl (C=O) groups excluding carboxylic acids is 2. The van der Waals surface area contributed by atoms with Crippen molar-refractivity contribution < 1.29 is 14.3 Å². The molecule has 1 heterocycles. The molecule has 0 N–H and O–H groups in total. The van der Waals surface area contributed by atoms with E-state index in [0.29, 0.717) is 41.4 Å². The van der Waals surface area contributed by atoms with Crippen LogP contribution >= 0.6 is 0 Å². The topological polar surface area (TPSA) is 49.9 Å². The van der Waals surface area contributed by atoms with Crippen LogP contribution in [0.25, 0.3) is 5.57 Å². The summed E-state index contributed by atoms with van der Waals surface area (Å²) in [5, 5.41) is 0. The number of amides is 2. The van der Waals surface area contributed by atoms with Crippen LogP contribution in [0.3, 0.4) is 0 Å². The van der Waals surface area contributed by atoms with E-state index in [2.05, 4.69) is 0 Å². The Kier molecular flexibility index (Phi) is 6.31. The lowest BCUT2D eigenvalue weighted by molar-refractivity contribution is -0.120. The number of benzene rings is 3. The lowest BCUT2D eigenvalue weighted by Gasteiger charge is -2.25. The van der Waals surface area contributed by atoms with Gasteiger partial charge >= 0.3 is 0 Å². The molecule has 0 aromatic heterocycles. The molecule has 33 heavy (non-hydrogen) atoms. The Morgan fingerprint density at radius 3 is 2.06 bits per heavy atom. The predicted octanol–water partition coefficient (Wildman–Crippen LogP) is 5.12. The van der Waals surface area contributed by atoms with Gasteiger partial charge in [0, 0.05) is 13.1 Å². The van der Waals surface area contributed by atoms with Crippen LogP contribution in [0.5, 0.6) is 5.75 Å². The zero-order valence-electron chi connectivity index (χ0n) is 19.5. The van der Waals surface area contributed by atoms with Gasteiger partial charge in [0.05, 0.1) is 18.4 Å². The van der Waals surface area contributed by atoms with E-state index in [9.17, 15) is 9.59 Å². The average Bonchev–Trinajstić information content (AvgIpc) is 3.07. The van der Waals surface area contributed by atoms with Crippen LogP contribution in [-0.2, 0) is 16.1 Å². The Morgan fingerprint density at radius 2 is 1.48 bits per heavy atom. The SMILES string of the molecule is CCN(Cc1ccccc1)C1=C(c2ccc(OC)cc2)C(=O)N(c2cc(C)cc(C)c2)C1=O. The summed E-state index contributed by atoms with van der Waals surface area (Å²) in [6, 6.07) is 23.1. The maximum atomic E-state index is 13.8. The van der Waals surface area contributed by atoms with Crippen molar-refractivity contribution in [3.63, 3.8) is 0 Å². The molecule has 0 bridgehead atoms. The number of ether oxygens (including phenoxy) is 1. The van der Waals surface area contributed by atoms with Crippen molar-refractivity contribution in [2.75, 3.05) is 18.6 Å². The quantitative estimate of drug-likeness (QED) is 0.479. The molecule has 168 valence electrons. The van der Waals surface area contributed by atoms with Gasteiger partial charge in [0.2, 0.25) is 0 Å². The summed E-state index contributed by atoms with van der Waals surface area (Å²) in [5.41, 5.74) is 5.21. The summed E-state index contributed by atoms with van der Waals surface area (Å²) >= 11 is 0. The van der Waals surface area contributed by atoms with Crippen LogP contribution < -0.4 is 9.64 Å². The maximum absolute atomic E-state index is 13.8. The molecule has 0 spiro atoms. The van der Waals surface area contributed by atoms with Crippen molar-refractivity contribution in [1.82, 2.24) is 4.90 Å². The van der Waals surface area contributed by atoms with Gasteiger partial charge in [-0.05, 0) is 67.3 Å². The number of methoxy groups -OCH3 is 1. The summed E-state index contributed by atoms with van der Waals surface area (Å²) in [6.45, 7) is 7.05. The summed E-state index contributed by atoms with van der Waals surface area (Å²) in [6.07, 6.45) is 0. The van der Waals surface area contributed by atoms with Gasteiger partial charge in [0.15, 0.2) is 0 Å². The first kappa shape index (κ1) is 22.3. The van der Waals surface area contributed by atoms with Crippen molar-refractivity contribution in [2.45, 2.75) is 27.3 Å². The molecule has 1 aliphatic heterocycles. The normalized spacial score (nSPS) is 13.6. The number of hydrogen-bond acceptors (Lipinski definition) is 4. The molecule has 0 fully saturated rings. The van der Waals surface area contributed by atoms with E-state index in [1.807, 2.05) is 98.5 Å². The van der Waals surface area contributed by atoms with E-state index < -0.39 is 0 Å². The van der Waals surface area contributed by atoms with Crippen molar-refractivity contribution in [1.29, 1.82) is 0 Å². The van der Waals surface area contributed by atoms with Gasteiger partial charge in [-0.1, -0.05) is 48.5 Å². The van der Waals surface area contributed by atoms with Gasteiger partial charge in [-0.2, -0.15) is 0 Å². The van der Waals surface area contributed by atoms with Gasteiger partial charge in [0.25, 0.3) is 11.8 Å². The van der Waals surface area contributed by atoms with Crippen molar-refractivity contribution >= 4 is 23.1 Å². The number of anilines is 1. The fourth-order valence-electron chi connectivity index (χ4n) is 4.30. The second kappa shape index (κ2) is 9.33. The third-order valence-corrected chi connectivity index (χ3v) is 5.82. The number of carbonyl (C=O) groups is 2. The van der Waals surface area contributed by atoms with Crippen LogP contribution in [-0.4, -0.2) is 30.4 Å². The van der Waals surface area contributed by atoms with E-state index in [4.69, 9.17) is 4.74 Å². The third-order valence-electron chi connectivity index (χ3n) is 5.82. The highest BCUT2D eigenvalue weighted by Gasteiger charge is 2.42. The number of imide groups is 1. The molecule has 3 aromatic rings. The van der Waals surface area contributed by atoms with Gasteiger partial charge in [0.1, 0.15) is 11.4 Å². The Labute approximate surface area is 194 Å². The lowest BCUT2D eigenvalue weighted by Crippen LogP contribution is -2.35. The molecule has 0 atom stereocenters. The minimum Gasteiger partial charge on any atom is -0.497 e. The number of hydrogen-bond donors (Lipinski definition) is 0. The molecule has 5 heteroatoms. The molecule has 0 radical (unpaired) electrons. The van der Waals surface area contributed by atoms with Crippen molar-refractivity contribution in [3.8, 4) is 5.75 Å². The summed E-state index contributed by atoms with van der Waals surface area (Å²) in [7, 11) is 1.60. The largest absolute Gasteiger partial charge is 0.497 e. The van der Waals surface area contributed by atoms with Crippen LogP contribution in [0.4, 0.5) is 5.69 Å². The fraction of sp³-hybridized carbons (Fsp3) is 0.214. The third kappa shape index (κ3) is 4.40. The number of rotatable bonds is 7. The molecule has 4 rings (SSSR count). The Hall–Kier alpha value is -3.86. The number of nitrogens with zero attached hydrogens (tertiary/aromatic N) is 2.